The van der Waals surface area contributed by atoms with Gasteiger partial charge in [0, 0.05) is 6.54 Å². The Labute approximate surface area is 111 Å². The number of aromatic nitrogens is 2. The van der Waals surface area contributed by atoms with E-state index < -0.39 is 0 Å². The SMILES string of the molecule is CCOC(=O)CCn1c(CCl)nc2ccccc21. The molecule has 2 rings (SSSR count). The predicted molar refractivity (Wildman–Crippen MR) is 70.5 cm³/mol. The van der Waals surface area contributed by atoms with Gasteiger partial charge >= 0.3 is 5.97 Å². The van der Waals surface area contributed by atoms with E-state index in [9.17, 15) is 4.79 Å². The predicted octanol–water partition coefficient (Wildman–Crippen LogP) is 2.73. The molecule has 1 aromatic carbocycles. The minimum Gasteiger partial charge on any atom is -0.466 e. The molecule has 0 atom stereocenters. The minimum atomic E-state index is -0.198. The number of aryl methyl sites for hydroxylation is 1. The molecule has 0 fully saturated rings. The molecule has 0 spiro atoms. The summed E-state index contributed by atoms with van der Waals surface area (Å²) >= 11 is 5.88. The molecule has 0 aliphatic rings. The van der Waals surface area contributed by atoms with Crippen molar-refractivity contribution in [3.63, 3.8) is 0 Å². The van der Waals surface area contributed by atoms with Crippen LogP contribution in [0.25, 0.3) is 11.0 Å². The third-order valence-corrected chi connectivity index (χ3v) is 2.94. The number of halogens is 1. The van der Waals surface area contributed by atoms with Crippen LogP contribution in [-0.4, -0.2) is 22.1 Å². The number of carbonyl (C=O) groups is 1. The fourth-order valence-corrected chi connectivity index (χ4v) is 2.12. The average Bonchev–Trinajstić information content (AvgIpc) is 2.74. The van der Waals surface area contributed by atoms with Gasteiger partial charge in [-0.15, -0.1) is 11.6 Å². The first-order valence-electron chi connectivity index (χ1n) is 5.92. The molecule has 0 saturated heterocycles. The smallest absolute Gasteiger partial charge is 0.307 e. The lowest BCUT2D eigenvalue weighted by molar-refractivity contribution is -0.143. The van der Waals surface area contributed by atoms with E-state index in [2.05, 4.69) is 4.98 Å². The van der Waals surface area contributed by atoms with Crippen LogP contribution in [0.15, 0.2) is 24.3 Å². The molecule has 0 unspecified atom stereocenters. The summed E-state index contributed by atoms with van der Waals surface area (Å²) in [6, 6.07) is 7.79. The van der Waals surface area contributed by atoms with Gasteiger partial charge in [-0.2, -0.15) is 0 Å². The molecule has 1 aromatic heterocycles. The van der Waals surface area contributed by atoms with E-state index in [4.69, 9.17) is 16.3 Å². The highest BCUT2D eigenvalue weighted by Gasteiger charge is 2.11. The fourth-order valence-electron chi connectivity index (χ4n) is 1.91. The van der Waals surface area contributed by atoms with E-state index in [1.807, 2.05) is 28.8 Å². The number of benzene rings is 1. The third kappa shape index (κ3) is 2.64. The number of fused-ring (bicyclic) bond motifs is 1. The van der Waals surface area contributed by atoms with Gasteiger partial charge in [-0.3, -0.25) is 4.79 Å². The lowest BCUT2D eigenvalue weighted by Crippen LogP contribution is -2.10. The molecule has 0 amide bonds. The molecule has 0 aliphatic carbocycles. The first-order chi connectivity index (χ1) is 8.76. The van der Waals surface area contributed by atoms with Crippen LogP contribution in [0.2, 0.25) is 0 Å². The van der Waals surface area contributed by atoms with Crippen molar-refractivity contribution in [2.24, 2.45) is 0 Å². The molecule has 18 heavy (non-hydrogen) atoms. The quantitative estimate of drug-likeness (QED) is 0.617. The first-order valence-corrected chi connectivity index (χ1v) is 6.45. The second-order valence-corrected chi connectivity index (χ2v) is 4.12. The zero-order valence-electron chi connectivity index (χ0n) is 10.2. The zero-order chi connectivity index (χ0) is 13.0. The van der Waals surface area contributed by atoms with Gasteiger partial charge in [0.1, 0.15) is 5.82 Å². The van der Waals surface area contributed by atoms with E-state index in [1.165, 1.54) is 0 Å². The molecule has 2 aromatic rings. The van der Waals surface area contributed by atoms with E-state index in [0.717, 1.165) is 16.9 Å². The van der Waals surface area contributed by atoms with E-state index in [-0.39, 0.29) is 5.97 Å². The Balaban J connectivity index is 2.23. The van der Waals surface area contributed by atoms with Crippen molar-refractivity contribution in [3.05, 3.63) is 30.1 Å². The van der Waals surface area contributed by atoms with Crippen molar-refractivity contribution in [2.75, 3.05) is 6.61 Å². The molecule has 0 aliphatic heterocycles. The van der Waals surface area contributed by atoms with Crippen molar-refractivity contribution >= 4 is 28.6 Å². The molecule has 1 heterocycles. The molecule has 4 nitrogen and oxygen atoms in total. The van der Waals surface area contributed by atoms with Gasteiger partial charge in [0.05, 0.1) is 29.9 Å². The summed E-state index contributed by atoms with van der Waals surface area (Å²) in [7, 11) is 0. The maximum absolute atomic E-state index is 11.4. The first kappa shape index (κ1) is 12.9. The molecule has 0 radical (unpaired) electrons. The Morgan fingerprint density at radius 2 is 2.22 bits per heavy atom. The highest BCUT2D eigenvalue weighted by molar-refractivity contribution is 6.16. The summed E-state index contributed by atoms with van der Waals surface area (Å²) in [6.45, 7) is 2.75. The second-order valence-electron chi connectivity index (χ2n) is 3.86. The Morgan fingerprint density at radius 1 is 1.44 bits per heavy atom. The number of carbonyl (C=O) groups excluding carboxylic acids is 1. The number of hydrogen-bond donors (Lipinski definition) is 0. The van der Waals surface area contributed by atoms with Crippen molar-refractivity contribution in [1.29, 1.82) is 0 Å². The number of esters is 1. The Morgan fingerprint density at radius 3 is 2.94 bits per heavy atom. The number of ether oxygens (including phenoxy) is 1. The topological polar surface area (TPSA) is 44.1 Å². The lowest BCUT2D eigenvalue weighted by Gasteiger charge is -2.07. The largest absolute Gasteiger partial charge is 0.466 e. The minimum absolute atomic E-state index is 0.198. The molecular weight excluding hydrogens is 252 g/mol. The van der Waals surface area contributed by atoms with Gasteiger partial charge in [-0.25, -0.2) is 4.98 Å². The summed E-state index contributed by atoms with van der Waals surface area (Å²) in [4.78, 5) is 15.8. The number of imidazole rings is 1. The lowest BCUT2D eigenvalue weighted by atomic mass is 10.3. The summed E-state index contributed by atoms with van der Waals surface area (Å²) in [6.07, 6.45) is 0.331. The standard InChI is InChI=1S/C13H15ClN2O2/c1-2-18-13(17)7-8-16-11-6-4-3-5-10(11)15-12(16)9-14/h3-6H,2,7-9H2,1H3. The molecular formula is C13H15ClN2O2. The maximum Gasteiger partial charge on any atom is 0.307 e. The fraction of sp³-hybridized carbons (Fsp3) is 0.385. The van der Waals surface area contributed by atoms with Crippen LogP contribution in [0, 0.1) is 0 Å². The van der Waals surface area contributed by atoms with Gasteiger partial charge in [0.15, 0.2) is 0 Å². The number of nitrogens with zero attached hydrogens (tertiary/aromatic N) is 2. The van der Waals surface area contributed by atoms with Crippen LogP contribution >= 0.6 is 11.6 Å². The number of rotatable bonds is 5. The van der Waals surface area contributed by atoms with Crippen LogP contribution in [0.3, 0.4) is 0 Å². The van der Waals surface area contributed by atoms with Crippen molar-refractivity contribution in [2.45, 2.75) is 25.8 Å². The summed E-state index contributed by atoms with van der Waals surface area (Å²) < 4.78 is 6.89. The molecule has 5 heteroatoms. The normalized spacial score (nSPS) is 10.8. The van der Waals surface area contributed by atoms with Crippen molar-refractivity contribution in [3.8, 4) is 0 Å². The van der Waals surface area contributed by atoms with Gasteiger partial charge in [0.25, 0.3) is 0 Å². The second kappa shape index (κ2) is 5.87. The number of hydrogen-bond acceptors (Lipinski definition) is 3. The Kier molecular flexibility index (Phi) is 4.20. The van der Waals surface area contributed by atoms with Gasteiger partial charge in [-0.1, -0.05) is 12.1 Å². The summed E-state index contributed by atoms with van der Waals surface area (Å²) in [5, 5.41) is 0. The van der Waals surface area contributed by atoms with Crippen LogP contribution in [0.5, 0.6) is 0 Å². The van der Waals surface area contributed by atoms with Gasteiger partial charge in [-0.05, 0) is 19.1 Å². The average molecular weight is 267 g/mol. The highest BCUT2D eigenvalue weighted by atomic mass is 35.5. The number of para-hydroxylation sites is 2. The van der Waals surface area contributed by atoms with Crippen LogP contribution in [-0.2, 0) is 22.0 Å². The summed E-state index contributed by atoms with van der Waals surface area (Å²) in [5.41, 5.74) is 1.90. The van der Waals surface area contributed by atoms with Crippen molar-refractivity contribution in [1.82, 2.24) is 9.55 Å². The Bertz CT molecular complexity index is 551. The van der Waals surface area contributed by atoms with Gasteiger partial charge < -0.3 is 9.30 Å². The summed E-state index contributed by atoms with van der Waals surface area (Å²) in [5.74, 6) is 0.912. The Hall–Kier alpha value is -1.55. The molecule has 0 saturated carbocycles. The van der Waals surface area contributed by atoms with E-state index in [1.54, 1.807) is 6.92 Å². The maximum atomic E-state index is 11.4. The molecule has 0 N–H and O–H groups in total. The van der Waals surface area contributed by atoms with Crippen LogP contribution < -0.4 is 0 Å². The molecule has 96 valence electrons. The monoisotopic (exact) mass is 266 g/mol. The van der Waals surface area contributed by atoms with E-state index in [0.29, 0.717) is 25.5 Å². The number of alkyl halides is 1. The highest BCUT2D eigenvalue weighted by Crippen LogP contribution is 2.17. The van der Waals surface area contributed by atoms with Crippen LogP contribution in [0.1, 0.15) is 19.2 Å². The van der Waals surface area contributed by atoms with Gasteiger partial charge in [0.2, 0.25) is 0 Å². The third-order valence-electron chi connectivity index (χ3n) is 2.70. The van der Waals surface area contributed by atoms with Crippen LogP contribution in [0.4, 0.5) is 0 Å². The van der Waals surface area contributed by atoms with E-state index >= 15 is 0 Å². The molecule has 0 bridgehead atoms. The zero-order valence-corrected chi connectivity index (χ0v) is 11.0. The van der Waals surface area contributed by atoms with Crippen molar-refractivity contribution < 1.29 is 9.53 Å².